The van der Waals surface area contributed by atoms with E-state index in [1.165, 1.54) is 77.2 Å². The van der Waals surface area contributed by atoms with Crippen molar-refractivity contribution >= 4 is 142 Å². The van der Waals surface area contributed by atoms with Crippen LogP contribution >= 0.6 is 43.3 Å². The Bertz CT molecular complexity index is 5800. The largest absolute Gasteiger partial charge is 0.135 e. The molecule has 0 saturated carbocycles. The van der Waals surface area contributed by atoms with Crippen LogP contribution in [0.25, 0.3) is 93.9 Å². The minimum Gasteiger partial charge on any atom is -0.135 e. The minimum absolute atomic E-state index is 0. The van der Waals surface area contributed by atoms with Gasteiger partial charge in [-0.05, 0) is 114 Å². The molecular formula is C84H87BMoO9PS6. The van der Waals surface area contributed by atoms with Crippen LogP contribution in [0.5, 0.6) is 0 Å². The topological polar surface area (TPSA) is 154 Å². The monoisotopic (exact) mass is 1570 g/mol. The van der Waals surface area contributed by atoms with Crippen LogP contribution in [0.4, 0.5) is 0 Å². The van der Waals surface area contributed by atoms with E-state index < -0.39 is 46.7 Å². The molecule has 0 saturated heterocycles. The zero-order valence-electron chi connectivity index (χ0n) is 55.9. The third-order valence-corrected chi connectivity index (χ3v) is 26.7. The van der Waals surface area contributed by atoms with Gasteiger partial charge in [-0.15, -0.1) is 43.3 Å². The molecular weight excluding hydrogens is 1480 g/mol. The summed E-state index contributed by atoms with van der Waals surface area (Å²) in [6.45, 7) is 14.0. The van der Waals surface area contributed by atoms with Crippen molar-refractivity contribution in [1.29, 1.82) is 2.67 Å². The Morgan fingerprint density at radius 2 is 0.529 bits per heavy atom. The first-order chi connectivity index (χ1) is 47.6. The Kier molecular flexibility index (Phi) is 28.4. The van der Waals surface area contributed by atoms with Crippen LogP contribution < -0.4 is 0 Å². The molecule has 0 bridgehead atoms. The van der Waals surface area contributed by atoms with Crippen LogP contribution in [0, 0.1) is 41.5 Å². The third kappa shape index (κ3) is 16.5. The molecule has 3 aliphatic heterocycles. The van der Waals surface area contributed by atoms with Crippen LogP contribution in [0.15, 0.2) is 284 Å². The molecule has 1 atom stereocenters. The number of aryl methyl sites for hydroxylation is 6. The van der Waals surface area contributed by atoms with E-state index in [-0.39, 0.29) is 37.1 Å². The van der Waals surface area contributed by atoms with Crippen molar-refractivity contribution in [3.05, 3.63) is 288 Å². The molecule has 9 nitrogen and oxygen atoms in total. The van der Waals surface area contributed by atoms with Gasteiger partial charge in [0.1, 0.15) is 0 Å². The number of sulfone groups is 3. The maximum absolute atomic E-state index is 12.5. The van der Waals surface area contributed by atoms with E-state index in [1.54, 1.807) is 36.4 Å². The molecule has 18 heteroatoms. The quantitative estimate of drug-likeness (QED) is 0.107. The predicted molar refractivity (Wildman–Crippen MR) is 438 cm³/mol. The molecule has 3 aliphatic rings. The Morgan fingerprint density at radius 1 is 0.304 bits per heavy atom. The second-order valence-corrected chi connectivity index (χ2v) is 32.4. The van der Waals surface area contributed by atoms with E-state index in [1.807, 2.05) is 152 Å². The molecule has 1 unspecified atom stereocenters. The summed E-state index contributed by atoms with van der Waals surface area (Å²) in [6, 6.07) is 83.6. The number of benzene rings is 12. The first-order valence-electron chi connectivity index (χ1n) is 31.6. The molecule has 527 valence electrons. The molecule has 0 N–H and O–H groups in total. The van der Waals surface area contributed by atoms with Gasteiger partial charge in [0.15, 0.2) is 0 Å². The van der Waals surface area contributed by atoms with E-state index in [0.717, 1.165) is 50.1 Å². The minimum atomic E-state index is -4.11. The van der Waals surface area contributed by atoms with E-state index in [0.29, 0.717) is 37.7 Å². The summed E-state index contributed by atoms with van der Waals surface area (Å²) in [5, 5.41) is 8.34. The van der Waals surface area contributed by atoms with Crippen molar-refractivity contribution in [3.63, 3.8) is 0 Å². The zero-order chi connectivity index (χ0) is 70.9. The smallest absolute Gasteiger partial charge is 0.0355 e. The molecule has 12 aromatic carbocycles. The van der Waals surface area contributed by atoms with E-state index >= 15 is 0 Å². The van der Waals surface area contributed by atoms with Gasteiger partial charge in [0.05, 0.1) is 37.7 Å². The number of rotatable bonds is 0. The Morgan fingerprint density at radius 3 is 0.902 bits per heavy atom. The SMILES string of the molecule is C.C.C.C.C.CP.Cc1cccc2c1S(=O)(=O)c1c(C)cccc1-2.Cc1cccc2c1S(=O)(=O)c1ccccc1-2.Cc1cccc2c1sc1c(C)cccc12.Cc1cccc2c1sc1ccccc12.O=S1(=O)c2ccccc2-c2ccccc21.[2H][B][3H].[O]=[Mo](=[O])=[O].c1ccc2c(c1)sc1ccccc12. The molecule has 6 heterocycles. The number of thiophene rings is 3. The third-order valence-electron chi connectivity index (χ3n) is 16.6. The number of hydrogen-bond donors (Lipinski definition) is 0. The van der Waals surface area contributed by atoms with Crippen molar-refractivity contribution in [1.82, 2.24) is 0 Å². The second kappa shape index (κ2) is 35.8. The molecule has 0 aliphatic carbocycles. The van der Waals surface area contributed by atoms with E-state index in [4.69, 9.17) is 12.9 Å². The molecule has 18 rings (SSSR count). The maximum atomic E-state index is 12.5. The summed E-state index contributed by atoms with van der Waals surface area (Å²) in [5.74, 6) is 0. The fourth-order valence-electron chi connectivity index (χ4n) is 12.4. The summed E-state index contributed by atoms with van der Waals surface area (Å²) < 4.78 is 119. The normalized spacial score (nSPS) is 12.4. The predicted octanol–water partition coefficient (Wildman–Crippen LogP) is 23.9. The van der Waals surface area contributed by atoms with Crippen LogP contribution in [0.2, 0.25) is 0 Å². The summed E-state index contributed by atoms with van der Waals surface area (Å²) in [6.07, 6.45) is 0. The van der Waals surface area contributed by atoms with Gasteiger partial charge in [-0.1, -0.05) is 262 Å². The molecule has 0 fully saturated rings. The van der Waals surface area contributed by atoms with Gasteiger partial charge in [0.25, 0.3) is 0 Å². The van der Waals surface area contributed by atoms with Gasteiger partial charge in [-0.3, -0.25) is 0 Å². The summed E-state index contributed by atoms with van der Waals surface area (Å²) >= 11 is 1.56. The fraction of sp³-hybridized carbons (Fsp3) is 0.143. The van der Waals surface area contributed by atoms with Crippen LogP contribution in [0.1, 0.15) is 70.5 Å². The van der Waals surface area contributed by atoms with Crippen molar-refractivity contribution in [2.24, 2.45) is 0 Å². The van der Waals surface area contributed by atoms with Gasteiger partial charge in [0.2, 0.25) is 29.5 Å². The fourth-order valence-corrected chi connectivity index (χ4v) is 21.7. The van der Waals surface area contributed by atoms with Crippen LogP contribution in [-0.4, -0.2) is 42.9 Å². The molecule has 1 radical (unpaired) electrons. The molecule has 0 amide bonds. The van der Waals surface area contributed by atoms with Crippen LogP contribution in [-0.2, 0) is 56.9 Å². The zero-order valence-corrected chi connectivity index (χ0v) is 62.0. The van der Waals surface area contributed by atoms with E-state index in [2.05, 4.69) is 157 Å². The molecule has 0 spiro atoms. The summed E-state index contributed by atoms with van der Waals surface area (Å²) in [5.41, 5.74) is 11.5. The number of fused-ring (bicyclic) bond motifs is 18. The van der Waals surface area contributed by atoms with Gasteiger partial charge >= 0.3 is 27.4 Å². The standard InChI is InChI=1S/C14H12O2S.C14H12S.C13H10O2S.C13H10S.C12H8O2S.C12H8S.CH5P.5CH4.BH2.Mo.3O/c1-9-5-3-7-11-12-8-4-6-10(2)14(12)17(15,16)13(9)11;1-9-5-3-7-11-12-8-4-6-10(2)14(12)15-13(9)11;1-9-5-4-7-11-10-6-2-3-8-12(10)16(14,15)13(9)11;1-9-5-4-7-11-10-6-2-3-8-12(10)14-13(9)11;13-15(14)11-7-3-1-5-9(11)10-6-2-4-8-12(10)15;1-3-7-11-9(5-1)10-6-2-4-8-12(10)13-11;1-2;;;;;;;;;;/h3-8H,1-2H3;3-8H,1-2H3;2-8H,1H3;2-8H,1H3;1-8H;1-8H;2H2,1H3;5*1H4;1H2;;;;/i;;;;;;;;;;;;1TD;;;;. The molecule has 102 heavy (non-hydrogen) atoms. The Balaban J connectivity index is 0.000000217. The number of hydrogen-bond acceptors (Lipinski definition) is 12. The average Bonchev–Trinajstić information content (AvgIpc) is 1.58. The van der Waals surface area contributed by atoms with E-state index in [9.17, 15) is 25.3 Å². The summed E-state index contributed by atoms with van der Waals surface area (Å²) in [4.78, 5) is 2.70. The van der Waals surface area contributed by atoms with Crippen molar-refractivity contribution in [2.75, 3.05) is 6.66 Å². The van der Waals surface area contributed by atoms with Crippen molar-refractivity contribution in [2.45, 2.75) is 108 Å². The first-order valence-corrected chi connectivity index (χ1v) is 41.0. The Hall–Kier alpha value is -8.27. The van der Waals surface area contributed by atoms with Crippen molar-refractivity contribution < 1.29 is 52.6 Å². The summed E-state index contributed by atoms with van der Waals surface area (Å²) in [7, 11) is -6.97. The van der Waals surface area contributed by atoms with Gasteiger partial charge < -0.3 is 0 Å². The van der Waals surface area contributed by atoms with Crippen LogP contribution in [0.3, 0.4) is 0 Å². The maximum Gasteiger partial charge on any atom is 0.0355 e. The molecule has 3 aromatic heterocycles. The second-order valence-electron chi connectivity index (χ2n) is 22.7. The first kappa shape index (κ1) is 81.0. The average molecular weight is 1570 g/mol. The van der Waals surface area contributed by atoms with Gasteiger partial charge in [-0.2, -0.15) is 0 Å². The van der Waals surface area contributed by atoms with Gasteiger partial charge in [0, 0.05) is 93.9 Å². The molecule has 15 aromatic rings. The van der Waals surface area contributed by atoms with Crippen molar-refractivity contribution in [3.8, 4) is 33.4 Å². The Labute approximate surface area is 627 Å². The van der Waals surface area contributed by atoms with Gasteiger partial charge in [-0.25, -0.2) is 25.3 Å².